The molecule has 0 spiro atoms. The molecule has 0 fully saturated rings. The lowest BCUT2D eigenvalue weighted by atomic mass is 9.93. The largest absolute Gasteiger partial charge is 0.508 e. The van der Waals surface area contributed by atoms with Gasteiger partial charge >= 0.3 is 0 Å². The molecule has 19 heavy (non-hydrogen) atoms. The summed E-state index contributed by atoms with van der Waals surface area (Å²) in [7, 11) is 0. The number of aromatic hydroxyl groups is 2. The van der Waals surface area contributed by atoms with Crippen LogP contribution in [0.15, 0.2) is 34.9 Å². The van der Waals surface area contributed by atoms with E-state index in [0.717, 1.165) is 30.6 Å². The van der Waals surface area contributed by atoms with Crippen LogP contribution in [0.2, 0.25) is 0 Å². The van der Waals surface area contributed by atoms with Crippen LogP contribution in [0.1, 0.15) is 35.8 Å². The lowest BCUT2D eigenvalue weighted by Gasteiger charge is -2.23. The number of hydrogen-bond acceptors (Lipinski definition) is 4. The van der Waals surface area contributed by atoms with Crippen LogP contribution in [0, 0.1) is 0 Å². The zero-order valence-electron chi connectivity index (χ0n) is 10.6. The van der Waals surface area contributed by atoms with E-state index in [1.807, 2.05) is 6.07 Å². The first-order valence-corrected chi connectivity index (χ1v) is 6.54. The third-order valence-corrected chi connectivity index (χ3v) is 3.66. The van der Waals surface area contributed by atoms with Gasteiger partial charge in [-0.15, -0.1) is 0 Å². The molecule has 0 saturated carbocycles. The molecule has 0 aliphatic heterocycles. The van der Waals surface area contributed by atoms with Crippen LogP contribution in [0.5, 0.6) is 11.5 Å². The molecule has 2 aromatic rings. The van der Waals surface area contributed by atoms with E-state index < -0.39 is 0 Å². The fraction of sp³-hybridized carbons (Fsp3) is 0.333. The Balaban J connectivity index is 1.71. The van der Waals surface area contributed by atoms with E-state index in [2.05, 4.69) is 5.32 Å². The van der Waals surface area contributed by atoms with Crippen molar-refractivity contribution in [2.24, 2.45) is 0 Å². The Kier molecular flexibility index (Phi) is 3.17. The molecule has 0 saturated heterocycles. The van der Waals surface area contributed by atoms with Gasteiger partial charge in [0, 0.05) is 36.2 Å². The minimum absolute atomic E-state index is 0.0797. The molecule has 1 atom stereocenters. The molecule has 1 aliphatic rings. The molecule has 4 nitrogen and oxygen atoms in total. The fourth-order valence-electron chi connectivity index (χ4n) is 2.63. The van der Waals surface area contributed by atoms with Gasteiger partial charge < -0.3 is 19.9 Å². The number of nitrogens with one attached hydrogen (secondary N) is 1. The quantitative estimate of drug-likeness (QED) is 0.793. The van der Waals surface area contributed by atoms with Crippen LogP contribution in [0.3, 0.4) is 0 Å². The summed E-state index contributed by atoms with van der Waals surface area (Å²) >= 11 is 0. The molecule has 1 unspecified atom stereocenters. The number of rotatable bonds is 3. The maximum atomic E-state index is 9.76. The van der Waals surface area contributed by atoms with E-state index in [0.29, 0.717) is 6.54 Å². The molecule has 1 aliphatic carbocycles. The van der Waals surface area contributed by atoms with Crippen molar-refractivity contribution >= 4 is 0 Å². The van der Waals surface area contributed by atoms with Crippen molar-refractivity contribution in [3.05, 3.63) is 47.4 Å². The molecular weight excluding hydrogens is 242 g/mol. The maximum absolute atomic E-state index is 9.76. The smallest absolute Gasteiger partial charge is 0.123 e. The van der Waals surface area contributed by atoms with Crippen molar-refractivity contribution in [3.63, 3.8) is 0 Å². The van der Waals surface area contributed by atoms with Crippen molar-refractivity contribution in [1.29, 1.82) is 0 Å². The van der Waals surface area contributed by atoms with Gasteiger partial charge in [-0.25, -0.2) is 0 Å². The normalized spacial score (nSPS) is 18.2. The van der Waals surface area contributed by atoms with Gasteiger partial charge in [0.1, 0.15) is 17.3 Å². The predicted octanol–water partition coefficient (Wildman–Crippen LogP) is 2.86. The number of phenols is 2. The highest BCUT2D eigenvalue weighted by Gasteiger charge is 2.22. The SMILES string of the molecule is Oc1ccc(CNC2CCCc3occc32)c(O)c1. The topological polar surface area (TPSA) is 65.6 Å². The molecule has 0 radical (unpaired) electrons. The van der Waals surface area contributed by atoms with Crippen LogP contribution in [0.25, 0.3) is 0 Å². The Labute approximate surface area is 111 Å². The van der Waals surface area contributed by atoms with E-state index in [1.54, 1.807) is 18.4 Å². The minimum Gasteiger partial charge on any atom is -0.508 e. The van der Waals surface area contributed by atoms with Crippen molar-refractivity contribution in [3.8, 4) is 11.5 Å². The first kappa shape index (κ1) is 12.1. The van der Waals surface area contributed by atoms with E-state index in [4.69, 9.17) is 4.42 Å². The second-order valence-electron chi connectivity index (χ2n) is 4.94. The van der Waals surface area contributed by atoms with Crippen LogP contribution in [-0.4, -0.2) is 10.2 Å². The number of benzene rings is 1. The lowest BCUT2D eigenvalue weighted by Crippen LogP contribution is -2.24. The Morgan fingerprint density at radius 3 is 3.00 bits per heavy atom. The number of aryl methyl sites for hydroxylation is 1. The van der Waals surface area contributed by atoms with E-state index in [-0.39, 0.29) is 17.5 Å². The molecule has 3 rings (SSSR count). The van der Waals surface area contributed by atoms with Gasteiger partial charge in [0.2, 0.25) is 0 Å². The summed E-state index contributed by atoms with van der Waals surface area (Å²) in [6.45, 7) is 0.571. The minimum atomic E-state index is 0.0797. The second kappa shape index (κ2) is 4.97. The van der Waals surface area contributed by atoms with E-state index >= 15 is 0 Å². The van der Waals surface area contributed by atoms with Crippen molar-refractivity contribution in [1.82, 2.24) is 5.32 Å². The zero-order valence-corrected chi connectivity index (χ0v) is 10.6. The van der Waals surface area contributed by atoms with Crippen molar-refractivity contribution in [2.75, 3.05) is 0 Å². The van der Waals surface area contributed by atoms with Crippen molar-refractivity contribution in [2.45, 2.75) is 31.8 Å². The third kappa shape index (κ3) is 2.44. The first-order chi connectivity index (χ1) is 9.24. The monoisotopic (exact) mass is 259 g/mol. The molecular formula is C15H17NO3. The van der Waals surface area contributed by atoms with Gasteiger partial charge in [-0.1, -0.05) is 6.07 Å². The standard InChI is InChI=1S/C15H17NO3/c17-11-5-4-10(14(18)8-11)9-16-13-2-1-3-15-12(13)6-7-19-15/h4-8,13,16-18H,1-3,9H2. The number of furan rings is 1. The summed E-state index contributed by atoms with van der Waals surface area (Å²) in [4.78, 5) is 0. The number of phenolic OH excluding ortho intramolecular Hbond substituents is 2. The van der Waals surface area contributed by atoms with Gasteiger partial charge in [-0.05, 0) is 25.0 Å². The van der Waals surface area contributed by atoms with Gasteiger partial charge in [0.05, 0.1) is 6.26 Å². The molecule has 3 N–H and O–H groups in total. The molecule has 0 amide bonds. The third-order valence-electron chi connectivity index (χ3n) is 3.66. The van der Waals surface area contributed by atoms with Crippen LogP contribution in [0.4, 0.5) is 0 Å². The highest BCUT2D eigenvalue weighted by atomic mass is 16.3. The highest BCUT2D eigenvalue weighted by molar-refractivity contribution is 5.39. The summed E-state index contributed by atoms with van der Waals surface area (Å²) in [5.74, 6) is 1.27. The van der Waals surface area contributed by atoms with Gasteiger partial charge in [0.15, 0.2) is 0 Å². The fourth-order valence-corrected chi connectivity index (χ4v) is 2.63. The summed E-state index contributed by atoms with van der Waals surface area (Å²) in [5, 5.41) is 22.5. The predicted molar refractivity (Wildman–Crippen MR) is 71.0 cm³/mol. The summed E-state index contributed by atoms with van der Waals surface area (Å²) < 4.78 is 5.46. The average molecular weight is 259 g/mol. The number of fused-ring (bicyclic) bond motifs is 1. The Morgan fingerprint density at radius 1 is 1.26 bits per heavy atom. The van der Waals surface area contributed by atoms with Gasteiger partial charge in [0.25, 0.3) is 0 Å². The highest BCUT2D eigenvalue weighted by Crippen LogP contribution is 2.31. The lowest BCUT2D eigenvalue weighted by molar-refractivity contribution is 0.404. The molecule has 100 valence electrons. The molecule has 1 heterocycles. The Bertz CT molecular complexity index is 577. The van der Waals surface area contributed by atoms with E-state index in [9.17, 15) is 10.2 Å². The molecule has 1 aromatic carbocycles. The maximum Gasteiger partial charge on any atom is 0.123 e. The number of hydrogen-bond donors (Lipinski definition) is 3. The van der Waals surface area contributed by atoms with E-state index in [1.165, 1.54) is 11.6 Å². The summed E-state index contributed by atoms with van der Waals surface area (Å²) in [6, 6.07) is 6.97. The molecule has 0 bridgehead atoms. The van der Waals surface area contributed by atoms with Gasteiger partial charge in [-0.3, -0.25) is 0 Å². The summed E-state index contributed by atoms with van der Waals surface area (Å²) in [6.07, 6.45) is 4.93. The summed E-state index contributed by atoms with van der Waals surface area (Å²) in [5.41, 5.74) is 2.01. The Hall–Kier alpha value is -1.94. The second-order valence-corrected chi connectivity index (χ2v) is 4.94. The van der Waals surface area contributed by atoms with Crippen LogP contribution < -0.4 is 5.32 Å². The zero-order chi connectivity index (χ0) is 13.2. The van der Waals surface area contributed by atoms with Crippen molar-refractivity contribution < 1.29 is 14.6 Å². The van der Waals surface area contributed by atoms with Gasteiger partial charge in [-0.2, -0.15) is 0 Å². The Morgan fingerprint density at radius 2 is 2.16 bits per heavy atom. The van der Waals surface area contributed by atoms with Crippen LogP contribution in [-0.2, 0) is 13.0 Å². The molecule has 1 aromatic heterocycles. The van der Waals surface area contributed by atoms with Crippen LogP contribution >= 0.6 is 0 Å². The average Bonchev–Trinajstić information content (AvgIpc) is 2.86. The molecule has 4 heteroatoms. The first-order valence-electron chi connectivity index (χ1n) is 6.54.